The van der Waals surface area contributed by atoms with Gasteiger partial charge in [-0.3, -0.25) is 9.59 Å². The van der Waals surface area contributed by atoms with Crippen LogP contribution in [0.15, 0.2) is 42.5 Å². The van der Waals surface area contributed by atoms with Crippen molar-refractivity contribution in [2.75, 3.05) is 27.4 Å². The number of hydrogen-bond donors (Lipinski definition) is 1. The third-order valence-corrected chi connectivity index (χ3v) is 5.03. The quantitative estimate of drug-likeness (QED) is 0.594. The Kier molecular flexibility index (Phi) is 9.18. The first kappa shape index (κ1) is 24.1. The number of amides is 2. The topological polar surface area (TPSA) is 77.1 Å². The third-order valence-electron chi connectivity index (χ3n) is 5.03. The summed E-state index contributed by atoms with van der Waals surface area (Å²) in [5, 5.41) is 2.83. The molecule has 1 atom stereocenters. The molecule has 0 saturated heterocycles. The molecule has 7 nitrogen and oxygen atoms in total. The Bertz CT molecular complexity index is 862. The fourth-order valence-corrected chi connectivity index (χ4v) is 3.28. The lowest BCUT2D eigenvalue weighted by Crippen LogP contribution is -2.50. The van der Waals surface area contributed by atoms with Crippen molar-refractivity contribution in [1.82, 2.24) is 10.2 Å². The molecule has 0 aliphatic carbocycles. The van der Waals surface area contributed by atoms with Gasteiger partial charge in [-0.1, -0.05) is 31.2 Å². The zero-order valence-electron chi connectivity index (χ0n) is 18.9. The van der Waals surface area contributed by atoms with Crippen LogP contribution in [0.4, 0.5) is 0 Å². The second-order valence-corrected chi connectivity index (χ2v) is 7.10. The van der Waals surface area contributed by atoms with Crippen molar-refractivity contribution in [2.45, 2.75) is 39.8 Å². The number of carbonyl (C=O) groups is 2. The molecule has 0 unspecified atom stereocenters. The van der Waals surface area contributed by atoms with Gasteiger partial charge in [-0.25, -0.2) is 0 Å². The minimum atomic E-state index is -0.587. The minimum absolute atomic E-state index is 0.171. The number of carbonyl (C=O) groups excluding carboxylic acids is 2. The maximum absolute atomic E-state index is 13.2. The zero-order valence-corrected chi connectivity index (χ0v) is 18.9. The van der Waals surface area contributed by atoms with Gasteiger partial charge in [-0.2, -0.15) is 0 Å². The molecular weight excluding hydrogens is 396 g/mol. The fourth-order valence-electron chi connectivity index (χ4n) is 3.28. The van der Waals surface area contributed by atoms with Gasteiger partial charge in [-0.05, 0) is 31.4 Å². The van der Waals surface area contributed by atoms with Gasteiger partial charge in [0.1, 0.15) is 23.3 Å². The summed E-state index contributed by atoms with van der Waals surface area (Å²) in [7, 11) is 3.09. The molecule has 0 aromatic heterocycles. The summed E-state index contributed by atoms with van der Waals surface area (Å²) in [6.45, 7) is 6.36. The number of nitrogens with zero attached hydrogens (tertiary/aromatic N) is 1. The molecule has 0 aliphatic rings. The Balaban J connectivity index is 2.25. The molecule has 7 heteroatoms. The van der Waals surface area contributed by atoms with E-state index in [2.05, 4.69) is 5.32 Å². The van der Waals surface area contributed by atoms with Crippen molar-refractivity contribution >= 4 is 11.8 Å². The monoisotopic (exact) mass is 428 g/mol. The molecule has 2 aromatic rings. The molecule has 0 spiro atoms. The largest absolute Gasteiger partial charge is 0.496 e. The second kappa shape index (κ2) is 11.8. The van der Waals surface area contributed by atoms with E-state index >= 15 is 0 Å². The molecule has 0 bridgehead atoms. The van der Waals surface area contributed by atoms with Crippen LogP contribution in [-0.4, -0.2) is 50.1 Å². The van der Waals surface area contributed by atoms with E-state index in [0.717, 1.165) is 11.1 Å². The van der Waals surface area contributed by atoms with E-state index < -0.39 is 6.04 Å². The predicted molar refractivity (Wildman–Crippen MR) is 120 cm³/mol. The van der Waals surface area contributed by atoms with E-state index in [-0.39, 0.29) is 18.4 Å². The molecule has 2 aromatic carbocycles. The molecule has 2 rings (SSSR count). The number of rotatable bonds is 11. The highest BCUT2D eigenvalue weighted by Gasteiger charge is 2.29. The van der Waals surface area contributed by atoms with Crippen molar-refractivity contribution in [3.05, 3.63) is 53.6 Å². The second-order valence-electron chi connectivity index (χ2n) is 7.10. The van der Waals surface area contributed by atoms with Crippen LogP contribution in [-0.2, 0) is 16.1 Å². The Morgan fingerprint density at radius 3 is 2.16 bits per heavy atom. The molecular formula is C24H32N2O5. The van der Waals surface area contributed by atoms with Gasteiger partial charge in [0.15, 0.2) is 6.61 Å². The maximum atomic E-state index is 13.2. The molecule has 0 radical (unpaired) electrons. The molecule has 2 amide bonds. The van der Waals surface area contributed by atoms with Gasteiger partial charge in [-0.15, -0.1) is 0 Å². The summed E-state index contributed by atoms with van der Waals surface area (Å²) in [4.78, 5) is 27.5. The summed E-state index contributed by atoms with van der Waals surface area (Å²) < 4.78 is 16.3. The Morgan fingerprint density at radius 2 is 1.61 bits per heavy atom. The highest BCUT2D eigenvalue weighted by molar-refractivity contribution is 5.88. The van der Waals surface area contributed by atoms with Crippen LogP contribution in [0.25, 0.3) is 0 Å². The van der Waals surface area contributed by atoms with E-state index in [1.165, 1.54) is 0 Å². The summed E-state index contributed by atoms with van der Waals surface area (Å²) in [5.41, 5.74) is 2.05. The van der Waals surface area contributed by atoms with Crippen LogP contribution in [0.1, 0.15) is 31.4 Å². The van der Waals surface area contributed by atoms with E-state index in [1.807, 2.05) is 45.0 Å². The zero-order chi connectivity index (χ0) is 22.8. The van der Waals surface area contributed by atoms with Crippen LogP contribution in [0.2, 0.25) is 0 Å². The minimum Gasteiger partial charge on any atom is -0.496 e. The van der Waals surface area contributed by atoms with Crippen LogP contribution in [0.3, 0.4) is 0 Å². The number of hydrogen-bond acceptors (Lipinski definition) is 5. The molecule has 0 fully saturated rings. The average molecular weight is 429 g/mol. The summed E-state index contributed by atoms with van der Waals surface area (Å²) in [6.07, 6.45) is 0.496. The fraction of sp³-hybridized carbons (Fsp3) is 0.417. The van der Waals surface area contributed by atoms with Gasteiger partial charge in [0.05, 0.1) is 14.2 Å². The number of benzene rings is 2. The van der Waals surface area contributed by atoms with Gasteiger partial charge < -0.3 is 24.4 Å². The van der Waals surface area contributed by atoms with Crippen LogP contribution in [0, 0.1) is 6.92 Å². The standard InChI is InChI=1S/C24H32N2O5/c1-6-22(24(28)25-7-2)26(15-18-11-9-8-10-17(18)3)23(27)16-31-21-13-19(29-4)12-20(14-21)30-5/h8-14,22H,6-7,15-16H2,1-5H3,(H,25,28)/t22-/m1/s1. The highest BCUT2D eigenvalue weighted by atomic mass is 16.5. The van der Waals surface area contributed by atoms with Gasteiger partial charge >= 0.3 is 0 Å². The van der Waals surface area contributed by atoms with E-state index in [4.69, 9.17) is 14.2 Å². The normalized spacial score (nSPS) is 11.4. The SMILES string of the molecule is CCNC(=O)[C@@H](CC)N(Cc1ccccc1C)C(=O)COc1cc(OC)cc(OC)c1. The lowest BCUT2D eigenvalue weighted by Gasteiger charge is -2.31. The van der Waals surface area contributed by atoms with Crippen LogP contribution < -0.4 is 19.5 Å². The van der Waals surface area contributed by atoms with Crippen molar-refractivity contribution in [1.29, 1.82) is 0 Å². The Morgan fingerprint density at radius 1 is 1.00 bits per heavy atom. The number of ether oxygens (including phenoxy) is 3. The van der Waals surface area contributed by atoms with E-state index in [9.17, 15) is 9.59 Å². The van der Waals surface area contributed by atoms with E-state index in [1.54, 1.807) is 37.3 Å². The summed E-state index contributed by atoms with van der Waals surface area (Å²) >= 11 is 0. The number of aryl methyl sites for hydroxylation is 1. The molecule has 0 aliphatic heterocycles. The van der Waals surface area contributed by atoms with Gasteiger partial charge in [0, 0.05) is 31.3 Å². The first-order valence-electron chi connectivity index (χ1n) is 10.4. The van der Waals surface area contributed by atoms with Gasteiger partial charge in [0.2, 0.25) is 5.91 Å². The molecule has 168 valence electrons. The molecule has 1 N–H and O–H groups in total. The number of likely N-dealkylation sites (N-methyl/N-ethyl adjacent to an activating group) is 1. The first-order chi connectivity index (χ1) is 14.9. The summed E-state index contributed by atoms with van der Waals surface area (Å²) in [5.74, 6) is 1.13. The average Bonchev–Trinajstić information content (AvgIpc) is 2.78. The third kappa shape index (κ3) is 6.64. The molecule has 0 saturated carbocycles. The highest BCUT2D eigenvalue weighted by Crippen LogP contribution is 2.27. The molecule has 0 heterocycles. The smallest absolute Gasteiger partial charge is 0.261 e. The predicted octanol–water partition coefficient (Wildman–Crippen LogP) is 3.33. The Hall–Kier alpha value is -3.22. The van der Waals surface area contributed by atoms with Crippen molar-refractivity contribution in [3.63, 3.8) is 0 Å². The van der Waals surface area contributed by atoms with Crippen LogP contribution >= 0.6 is 0 Å². The van der Waals surface area contributed by atoms with Crippen LogP contribution in [0.5, 0.6) is 17.2 Å². The first-order valence-corrected chi connectivity index (χ1v) is 10.4. The Labute approximate surface area is 184 Å². The number of nitrogens with one attached hydrogen (secondary N) is 1. The lowest BCUT2D eigenvalue weighted by molar-refractivity contribution is -0.142. The molecule has 31 heavy (non-hydrogen) atoms. The van der Waals surface area contributed by atoms with Crippen molar-refractivity contribution in [3.8, 4) is 17.2 Å². The lowest BCUT2D eigenvalue weighted by atomic mass is 10.1. The summed E-state index contributed by atoms with van der Waals surface area (Å²) in [6, 6.07) is 12.3. The maximum Gasteiger partial charge on any atom is 0.261 e. The van der Waals surface area contributed by atoms with Gasteiger partial charge in [0.25, 0.3) is 5.91 Å². The number of methoxy groups -OCH3 is 2. The van der Waals surface area contributed by atoms with E-state index in [0.29, 0.717) is 36.8 Å². The van der Waals surface area contributed by atoms with Crippen molar-refractivity contribution < 1.29 is 23.8 Å². The van der Waals surface area contributed by atoms with Crippen molar-refractivity contribution in [2.24, 2.45) is 0 Å².